The number of hydrogen-bond donors (Lipinski definition) is 1. The number of nitrogens with one attached hydrogen (secondary N) is 1. The standard InChI is InChI=1S/C11H9ClN2S/c12-10-2-1-3-11(6-10)14-13-7-9-4-5-15-8-9/h1-8,14H/b13-7-. The van der Waals surface area contributed by atoms with E-state index >= 15 is 0 Å². The highest BCUT2D eigenvalue weighted by Gasteiger charge is 1.90. The molecule has 0 fully saturated rings. The van der Waals surface area contributed by atoms with Crippen LogP contribution in [0.5, 0.6) is 0 Å². The highest BCUT2D eigenvalue weighted by molar-refractivity contribution is 7.08. The smallest absolute Gasteiger partial charge is 0.0576 e. The SMILES string of the molecule is Clc1cccc(N/N=C\c2ccsc2)c1. The van der Waals surface area contributed by atoms with Gasteiger partial charge in [0.15, 0.2) is 0 Å². The van der Waals surface area contributed by atoms with Crippen LogP contribution < -0.4 is 5.43 Å². The number of halogens is 1. The molecule has 0 aliphatic heterocycles. The van der Waals surface area contributed by atoms with Gasteiger partial charge < -0.3 is 0 Å². The van der Waals surface area contributed by atoms with E-state index in [-0.39, 0.29) is 0 Å². The predicted molar refractivity (Wildman–Crippen MR) is 67.0 cm³/mol. The molecule has 1 aromatic heterocycles. The number of benzene rings is 1. The van der Waals surface area contributed by atoms with Gasteiger partial charge in [-0.15, -0.1) is 0 Å². The van der Waals surface area contributed by atoms with Crippen molar-refractivity contribution in [3.8, 4) is 0 Å². The van der Waals surface area contributed by atoms with E-state index in [9.17, 15) is 0 Å². The first kappa shape index (κ1) is 10.2. The number of hydrogen-bond acceptors (Lipinski definition) is 3. The van der Waals surface area contributed by atoms with Gasteiger partial charge in [0.2, 0.25) is 0 Å². The Morgan fingerprint density at radius 1 is 1.33 bits per heavy atom. The van der Waals surface area contributed by atoms with Gasteiger partial charge in [-0.1, -0.05) is 17.7 Å². The summed E-state index contributed by atoms with van der Waals surface area (Å²) >= 11 is 7.48. The maximum absolute atomic E-state index is 5.83. The van der Waals surface area contributed by atoms with Crippen molar-refractivity contribution in [3.63, 3.8) is 0 Å². The molecule has 2 aromatic rings. The van der Waals surface area contributed by atoms with Crippen LogP contribution in [0.25, 0.3) is 0 Å². The summed E-state index contributed by atoms with van der Waals surface area (Å²) < 4.78 is 0. The van der Waals surface area contributed by atoms with E-state index in [0.29, 0.717) is 5.02 Å². The highest BCUT2D eigenvalue weighted by Crippen LogP contribution is 2.14. The molecule has 0 saturated carbocycles. The minimum absolute atomic E-state index is 0.700. The van der Waals surface area contributed by atoms with Crippen LogP contribution in [0.1, 0.15) is 5.56 Å². The first-order valence-corrected chi connectivity index (χ1v) is 5.73. The molecule has 1 heterocycles. The Morgan fingerprint density at radius 3 is 3.00 bits per heavy atom. The zero-order chi connectivity index (χ0) is 10.5. The number of anilines is 1. The second kappa shape index (κ2) is 4.96. The fourth-order valence-electron chi connectivity index (χ4n) is 1.09. The van der Waals surface area contributed by atoms with Crippen molar-refractivity contribution in [2.45, 2.75) is 0 Å². The first-order valence-electron chi connectivity index (χ1n) is 4.41. The Balaban J connectivity index is 1.99. The van der Waals surface area contributed by atoms with Crippen LogP contribution in [0, 0.1) is 0 Å². The molecule has 0 bridgehead atoms. The van der Waals surface area contributed by atoms with Gasteiger partial charge in [-0.3, -0.25) is 5.43 Å². The number of thiophene rings is 1. The molecule has 1 aromatic carbocycles. The Hall–Kier alpha value is -1.32. The summed E-state index contributed by atoms with van der Waals surface area (Å²) in [5.74, 6) is 0. The van der Waals surface area contributed by atoms with Gasteiger partial charge in [-0.2, -0.15) is 16.4 Å². The summed E-state index contributed by atoms with van der Waals surface area (Å²) in [5.41, 5.74) is 4.89. The lowest BCUT2D eigenvalue weighted by Gasteiger charge is -1.98. The number of hydrazone groups is 1. The second-order valence-corrected chi connectivity index (χ2v) is 4.15. The molecule has 0 unspecified atom stereocenters. The van der Waals surface area contributed by atoms with Crippen LogP contribution in [0.3, 0.4) is 0 Å². The Labute approximate surface area is 97.2 Å². The van der Waals surface area contributed by atoms with Crippen LogP contribution in [0.2, 0.25) is 5.02 Å². The molecule has 0 aliphatic rings. The molecule has 4 heteroatoms. The summed E-state index contributed by atoms with van der Waals surface area (Å²) in [4.78, 5) is 0. The van der Waals surface area contributed by atoms with Crippen molar-refractivity contribution in [2.75, 3.05) is 5.43 Å². The number of nitrogens with zero attached hydrogens (tertiary/aromatic N) is 1. The van der Waals surface area contributed by atoms with E-state index in [0.717, 1.165) is 11.3 Å². The Bertz CT molecular complexity index is 451. The maximum atomic E-state index is 5.83. The third-order valence-corrected chi connectivity index (χ3v) is 2.71. The average Bonchev–Trinajstić information content (AvgIpc) is 2.71. The molecule has 0 atom stereocenters. The van der Waals surface area contributed by atoms with Crippen molar-refractivity contribution in [3.05, 3.63) is 51.7 Å². The van der Waals surface area contributed by atoms with Gasteiger partial charge in [0.25, 0.3) is 0 Å². The molecule has 2 rings (SSSR count). The van der Waals surface area contributed by atoms with Gasteiger partial charge >= 0.3 is 0 Å². The molecule has 0 spiro atoms. The van der Waals surface area contributed by atoms with E-state index in [1.807, 2.05) is 41.1 Å². The molecule has 2 nitrogen and oxygen atoms in total. The minimum atomic E-state index is 0.700. The van der Waals surface area contributed by atoms with Crippen LogP contribution >= 0.6 is 22.9 Å². The summed E-state index contributed by atoms with van der Waals surface area (Å²) in [6.45, 7) is 0. The molecule has 0 aliphatic carbocycles. The lowest BCUT2D eigenvalue weighted by molar-refractivity contribution is 1.35. The van der Waals surface area contributed by atoms with Crippen molar-refractivity contribution >= 4 is 34.8 Å². The minimum Gasteiger partial charge on any atom is -0.278 e. The average molecular weight is 237 g/mol. The lowest BCUT2D eigenvalue weighted by atomic mass is 10.3. The molecule has 1 N–H and O–H groups in total. The van der Waals surface area contributed by atoms with E-state index in [2.05, 4.69) is 10.5 Å². The third kappa shape index (κ3) is 3.08. The predicted octanol–water partition coefficient (Wildman–Crippen LogP) is 3.85. The quantitative estimate of drug-likeness (QED) is 0.635. The molecular formula is C11H9ClN2S. The molecular weight excluding hydrogens is 228 g/mol. The van der Waals surface area contributed by atoms with Crippen LogP contribution in [-0.2, 0) is 0 Å². The van der Waals surface area contributed by atoms with E-state index in [4.69, 9.17) is 11.6 Å². The maximum Gasteiger partial charge on any atom is 0.0576 e. The van der Waals surface area contributed by atoms with E-state index < -0.39 is 0 Å². The fraction of sp³-hybridized carbons (Fsp3) is 0. The number of rotatable bonds is 3. The normalized spacial score (nSPS) is 10.7. The second-order valence-electron chi connectivity index (χ2n) is 2.94. The third-order valence-electron chi connectivity index (χ3n) is 1.78. The van der Waals surface area contributed by atoms with E-state index in [1.165, 1.54) is 0 Å². The van der Waals surface area contributed by atoms with Crippen LogP contribution in [-0.4, -0.2) is 6.21 Å². The zero-order valence-corrected chi connectivity index (χ0v) is 9.42. The molecule has 0 saturated heterocycles. The van der Waals surface area contributed by atoms with Gasteiger partial charge in [-0.25, -0.2) is 0 Å². The highest BCUT2D eigenvalue weighted by atomic mass is 35.5. The summed E-state index contributed by atoms with van der Waals surface area (Å²) in [7, 11) is 0. The van der Waals surface area contributed by atoms with Crippen molar-refractivity contribution in [1.82, 2.24) is 0 Å². The van der Waals surface area contributed by atoms with Crippen LogP contribution in [0.15, 0.2) is 46.2 Å². The summed E-state index contributed by atoms with van der Waals surface area (Å²) in [6.07, 6.45) is 1.78. The fourth-order valence-corrected chi connectivity index (χ4v) is 1.89. The Kier molecular flexibility index (Phi) is 3.37. The monoisotopic (exact) mass is 236 g/mol. The summed E-state index contributed by atoms with van der Waals surface area (Å²) in [6, 6.07) is 9.46. The summed E-state index contributed by atoms with van der Waals surface area (Å²) in [5, 5.41) is 8.84. The lowest BCUT2D eigenvalue weighted by Crippen LogP contribution is -1.88. The molecule has 15 heavy (non-hydrogen) atoms. The molecule has 0 radical (unpaired) electrons. The van der Waals surface area contributed by atoms with Crippen molar-refractivity contribution < 1.29 is 0 Å². The van der Waals surface area contributed by atoms with Crippen molar-refractivity contribution in [2.24, 2.45) is 5.10 Å². The topological polar surface area (TPSA) is 24.4 Å². The van der Waals surface area contributed by atoms with Gasteiger partial charge in [0.1, 0.15) is 0 Å². The molecule has 0 amide bonds. The van der Waals surface area contributed by atoms with Crippen molar-refractivity contribution in [1.29, 1.82) is 0 Å². The van der Waals surface area contributed by atoms with Gasteiger partial charge in [0, 0.05) is 10.6 Å². The molecule has 76 valence electrons. The first-order chi connectivity index (χ1) is 7.34. The van der Waals surface area contributed by atoms with E-state index in [1.54, 1.807) is 17.6 Å². The van der Waals surface area contributed by atoms with Gasteiger partial charge in [0.05, 0.1) is 11.9 Å². The Morgan fingerprint density at radius 2 is 2.27 bits per heavy atom. The largest absolute Gasteiger partial charge is 0.278 e. The zero-order valence-electron chi connectivity index (χ0n) is 7.85. The van der Waals surface area contributed by atoms with Crippen LogP contribution in [0.4, 0.5) is 5.69 Å². The van der Waals surface area contributed by atoms with Gasteiger partial charge in [-0.05, 0) is 35.0 Å².